The predicted octanol–water partition coefficient (Wildman–Crippen LogP) is 7.22. The van der Waals surface area contributed by atoms with E-state index in [4.69, 9.17) is 9.47 Å². The van der Waals surface area contributed by atoms with Crippen molar-refractivity contribution >= 4 is 34.7 Å². The molecule has 0 saturated heterocycles. The van der Waals surface area contributed by atoms with E-state index in [9.17, 15) is 18.4 Å². The fraction of sp³-hybridized carbons (Fsp3) is 0.0625. The van der Waals surface area contributed by atoms with Gasteiger partial charge in [0.25, 0.3) is 0 Å². The Bertz CT molecular complexity index is 1780. The Labute approximate surface area is 240 Å². The third-order valence-electron chi connectivity index (χ3n) is 6.21. The highest BCUT2D eigenvalue weighted by Crippen LogP contribution is 2.27. The van der Waals surface area contributed by atoms with Crippen molar-refractivity contribution in [2.75, 3.05) is 17.7 Å². The van der Waals surface area contributed by atoms with Crippen molar-refractivity contribution in [3.05, 3.63) is 126 Å². The Morgan fingerprint density at radius 2 is 1.48 bits per heavy atom. The molecule has 0 unspecified atom stereocenters. The van der Waals surface area contributed by atoms with Gasteiger partial charge in [0, 0.05) is 11.6 Å². The topological polar surface area (TPSA) is 102 Å². The summed E-state index contributed by atoms with van der Waals surface area (Å²) in [5.74, 6) is -3.49. The summed E-state index contributed by atoms with van der Waals surface area (Å²) in [5.41, 5.74) is 3.83. The molecule has 0 aliphatic heterocycles. The molecule has 0 atom stereocenters. The Morgan fingerprint density at radius 1 is 0.738 bits per heavy atom. The van der Waals surface area contributed by atoms with Crippen LogP contribution in [0.4, 0.5) is 31.5 Å². The Kier molecular flexibility index (Phi) is 8.14. The first-order chi connectivity index (χ1) is 20.3. The highest BCUT2D eigenvalue weighted by molar-refractivity contribution is 6.07. The lowest BCUT2D eigenvalue weighted by Gasteiger charge is -2.14. The number of ether oxygens (including phenoxy) is 2. The van der Waals surface area contributed by atoms with E-state index < -0.39 is 23.7 Å². The third-order valence-corrected chi connectivity index (χ3v) is 6.21. The van der Waals surface area contributed by atoms with E-state index in [1.807, 2.05) is 36.4 Å². The summed E-state index contributed by atoms with van der Waals surface area (Å²) in [6.07, 6.45) is 2.71. The number of aromatic nitrogens is 2. The molecule has 3 aromatic carbocycles. The molecule has 0 radical (unpaired) electrons. The Hall–Kier alpha value is -5.64. The van der Waals surface area contributed by atoms with Crippen LogP contribution in [0.25, 0.3) is 11.3 Å². The number of aryl methyl sites for hydroxylation is 1. The van der Waals surface area contributed by atoms with Crippen LogP contribution in [0, 0.1) is 18.7 Å². The van der Waals surface area contributed by atoms with Crippen molar-refractivity contribution < 1.29 is 27.8 Å². The van der Waals surface area contributed by atoms with Gasteiger partial charge in [0.15, 0.2) is 5.82 Å². The van der Waals surface area contributed by atoms with Crippen molar-refractivity contribution in [2.24, 2.45) is 0 Å². The number of rotatable bonds is 8. The van der Waals surface area contributed by atoms with Crippen LogP contribution in [0.5, 0.6) is 5.75 Å². The maximum atomic E-state index is 13.7. The van der Waals surface area contributed by atoms with Crippen molar-refractivity contribution in [3.63, 3.8) is 0 Å². The highest BCUT2D eigenvalue weighted by atomic mass is 19.2. The molecule has 0 fully saturated rings. The maximum absolute atomic E-state index is 13.7. The smallest absolute Gasteiger partial charge is 0.348 e. The number of methoxy groups -OCH3 is 1. The lowest BCUT2D eigenvalue weighted by Crippen LogP contribution is -2.15. The second-order valence-corrected chi connectivity index (χ2v) is 9.18. The number of nitrogens with one attached hydrogen (secondary N) is 2. The molecule has 10 heteroatoms. The fourth-order valence-corrected chi connectivity index (χ4v) is 4.12. The van der Waals surface area contributed by atoms with Crippen LogP contribution in [-0.2, 0) is 4.74 Å². The van der Waals surface area contributed by atoms with E-state index >= 15 is 0 Å². The van der Waals surface area contributed by atoms with E-state index in [2.05, 4.69) is 20.6 Å². The van der Waals surface area contributed by atoms with E-state index in [0.717, 1.165) is 29.1 Å². The Morgan fingerprint density at radius 3 is 2.24 bits per heavy atom. The number of carbonyl (C=O) groups excluding carboxylic acids is 2. The molecule has 2 heterocycles. The molecule has 0 saturated carbocycles. The van der Waals surface area contributed by atoms with Crippen LogP contribution in [0.15, 0.2) is 97.3 Å². The lowest BCUT2D eigenvalue weighted by atomic mass is 10.1. The summed E-state index contributed by atoms with van der Waals surface area (Å²) in [5, 5.41) is 5.97. The number of pyridine rings is 2. The number of anilines is 4. The number of para-hydroxylation sites is 1. The summed E-state index contributed by atoms with van der Waals surface area (Å²) in [4.78, 5) is 34.1. The first-order valence-electron chi connectivity index (χ1n) is 12.7. The first kappa shape index (κ1) is 27.9. The average Bonchev–Trinajstić information content (AvgIpc) is 3.00. The lowest BCUT2D eigenvalue weighted by molar-refractivity contribution is 0.0399. The standard InChI is InChI=1S/C32H24F2N4O4/c1-19-10-12-29(38-22-16-26(33)30(34)36-18-22)25(14-19)32(40)42-31(39)24-8-3-4-9-28(24)37-21-11-13-27(35-17-21)20-6-5-7-23(15-20)41-2/h3-18,37-38H,1-2H3. The van der Waals surface area contributed by atoms with Crippen LogP contribution in [0.3, 0.4) is 0 Å². The van der Waals surface area contributed by atoms with Crippen molar-refractivity contribution in [1.29, 1.82) is 0 Å². The monoisotopic (exact) mass is 566 g/mol. The molecule has 2 aromatic heterocycles. The van der Waals surface area contributed by atoms with Gasteiger partial charge in [0.2, 0.25) is 5.95 Å². The van der Waals surface area contributed by atoms with Gasteiger partial charge in [-0.1, -0.05) is 35.9 Å². The molecule has 210 valence electrons. The van der Waals surface area contributed by atoms with Gasteiger partial charge >= 0.3 is 11.9 Å². The number of benzene rings is 3. The highest BCUT2D eigenvalue weighted by Gasteiger charge is 2.21. The van der Waals surface area contributed by atoms with Gasteiger partial charge in [-0.3, -0.25) is 4.98 Å². The zero-order chi connectivity index (χ0) is 29.6. The maximum Gasteiger partial charge on any atom is 0.348 e. The van der Waals surface area contributed by atoms with Gasteiger partial charge in [-0.05, 0) is 55.5 Å². The Balaban J connectivity index is 1.33. The van der Waals surface area contributed by atoms with Gasteiger partial charge in [0.05, 0.1) is 59.1 Å². The van der Waals surface area contributed by atoms with Crippen molar-refractivity contribution in [1.82, 2.24) is 9.97 Å². The molecule has 5 aromatic rings. The number of esters is 2. The third kappa shape index (κ3) is 6.39. The minimum Gasteiger partial charge on any atom is -0.497 e. The molecule has 0 aliphatic rings. The molecule has 42 heavy (non-hydrogen) atoms. The first-order valence-corrected chi connectivity index (χ1v) is 12.7. The predicted molar refractivity (Wildman–Crippen MR) is 154 cm³/mol. The SMILES string of the molecule is COc1cccc(-c2ccc(Nc3ccccc3C(=O)OC(=O)c3cc(C)ccc3Nc3cnc(F)c(F)c3)cn2)c1. The van der Waals surface area contributed by atoms with E-state index in [1.54, 1.807) is 50.6 Å². The minimum atomic E-state index is -1.24. The number of nitrogens with zero attached hydrogens (tertiary/aromatic N) is 2. The number of hydrogen-bond donors (Lipinski definition) is 2. The van der Waals surface area contributed by atoms with Gasteiger partial charge in [-0.15, -0.1) is 0 Å². The summed E-state index contributed by atoms with van der Waals surface area (Å²) in [7, 11) is 1.60. The zero-order valence-electron chi connectivity index (χ0n) is 22.5. The molecule has 5 rings (SSSR count). The molecule has 8 nitrogen and oxygen atoms in total. The molecule has 0 aliphatic carbocycles. The molecule has 0 bridgehead atoms. The minimum absolute atomic E-state index is 0.0239. The number of hydrogen-bond acceptors (Lipinski definition) is 8. The van der Waals surface area contributed by atoms with Crippen LogP contribution in [0.1, 0.15) is 26.3 Å². The summed E-state index contributed by atoms with van der Waals surface area (Å²) < 4.78 is 37.4. The van der Waals surface area contributed by atoms with Crippen LogP contribution in [-0.4, -0.2) is 29.0 Å². The summed E-state index contributed by atoms with van der Waals surface area (Å²) in [6.45, 7) is 1.76. The largest absolute Gasteiger partial charge is 0.497 e. The second kappa shape index (κ2) is 12.3. The molecular formula is C32H24F2N4O4. The molecular weight excluding hydrogens is 542 g/mol. The molecule has 2 N–H and O–H groups in total. The van der Waals surface area contributed by atoms with E-state index in [-0.39, 0.29) is 22.5 Å². The van der Waals surface area contributed by atoms with Crippen molar-refractivity contribution in [3.8, 4) is 17.0 Å². The number of carbonyl (C=O) groups is 2. The molecule has 0 amide bonds. The van der Waals surface area contributed by atoms with Gasteiger partial charge in [-0.2, -0.15) is 4.39 Å². The quantitative estimate of drug-likeness (QED) is 0.115. The van der Waals surface area contributed by atoms with Gasteiger partial charge in [0.1, 0.15) is 5.75 Å². The second-order valence-electron chi connectivity index (χ2n) is 9.18. The summed E-state index contributed by atoms with van der Waals surface area (Å²) in [6, 6.07) is 23.4. The van der Waals surface area contributed by atoms with Crippen molar-refractivity contribution in [2.45, 2.75) is 6.92 Å². The van der Waals surface area contributed by atoms with Gasteiger partial charge in [-0.25, -0.2) is 19.0 Å². The van der Waals surface area contributed by atoms with Crippen LogP contribution < -0.4 is 15.4 Å². The average molecular weight is 567 g/mol. The van der Waals surface area contributed by atoms with Gasteiger partial charge < -0.3 is 20.1 Å². The normalized spacial score (nSPS) is 10.6. The van der Waals surface area contributed by atoms with E-state index in [0.29, 0.717) is 17.1 Å². The van der Waals surface area contributed by atoms with Crippen LogP contribution in [0.2, 0.25) is 0 Å². The fourth-order valence-electron chi connectivity index (χ4n) is 4.12. The van der Waals surface area contributed by atoms with Crippen LogP contribution >= 0.6 is 0 Å². The zero-order valence-corrected chi connectivity index (χ0v) is 22.5. The van der Waals surface area contributed by atoms with E-state index in [1.165, 1.54) is 12.1 Å². The summed E-state index contributed by atoms with van der Waals surface area (Å²) >= 11 is 0. The molecule has 0 spiro atoms. The number of halogens is 2.